The number of nitrogens with one attached hydrogen (secondary N) is 3. The van der Waals surface area contributed by atoms with Gasteiger partial charge in [-0.3, -0.25) is 0 Å². The number of sulfonamides is 1. The first-order valence-electron chi connectivity index (χ1n) is 12.6. The third-order valence-electron chi connectivity index (χ3n) is 6.15. The Hall–Kier alpha value is -3.95. The molecule has 3 N–H and O–H groups in total. The van der Waals surface area contributed by atoms with Crippen molar-refractivity contribution in [1.29, 1.82) is 0 Å². The van der Waals surface area contributed by atoms with E-state index in [0.29, 0.717) is 11.3 Å². The van der Waals surface area contributed by atoms with E-state index in [0.717, 1.165) is 26.0 Å². The Morgan fingerprint density at radius 1 is 0.976 bits per heavy atom. The Morgan fingerprint density at radius 2 is 1.66 bits per heavy atom. The number of amides is 1. The maximum atomic E-state index is 13.5. The third-order valence-corrected chi connectivity index (χ3v) is 9.07. The molecule has 1 radical (unpaired) electrons. The molecule has 3 aromatic carbocycles. The van der Waals surface area contributed by atoms with E-state index in [4.69, 9.17) is 4.74 Å². The molecule has 1 amide bonds. The molecule has 4 rings (SSSR count). The van der Waals surface area contributed by atoms with Gasteiger partial charge in [-0.05, 0) is 0 Å². The zero-order valence-electron chi connectivity index (χ0n) is 23.6. The SMILES string of the molecule is CNc1nccc([As]c2ccc(C(=O)C(=O)Nc3cc(C(C)(C)C)cc(NS(C)(=O)=O)c3OC)c3ccccc23)n1. The van der Waals surface area contributed by atoms with Crippen LogP contribution in [0.1, 0.15) is 36.7 Å². The maximum absolute atomic E-state index is 13.5. The second kappa shape index (κ2) is 11.9. The van der Waals surface area contributed by atoms with Gasteiger partial charge < -0.3 is 0 Å². The molecule has 0 unspecified atom stereocenters. The number of carbonyl (C=O) groups is 2. The molecule has 12 heteroatoms. The molecule has 0 atom stereocenters. The van der Waals surface area contributed by atoms with E-state index in [1.807, 2.05) is 57.2 Å². The van der Waals surface area contributed by atoms with Crippen LogP contribution in [0, 0.1) is 0 Å². The van der Waals surface area contributed by atoms with Gasteiger partial charge in [-0.25, -0.2) is 8.42 Å². The molecule has 41 heavy (non-hydrogen) atoms. The van der Waals surface area contributed by atoms with Gasteiger partial charge in [0.1, 0.15) is 0 Å². The number of aromatic nitrogens is 2. The second-order valence-corrected chi connectivity index (χ2v) is 14.5. The molecule has 0 aliphatic rings. The fourth-order valence-corrected chi connectivity index (χ4v) is 6.83. The molecule has 4 aromatic rings. The molecule has 0 saturated heterocycles. The van der Waals surface area contributed by atoms with Crippen LogP contribution in [0.25, 0.3) is 10.8 Å². The van der Waals surface area contributed by atoms with Crippen molar-refractivity contribution in [3.63, 3.8) is 0 Å². The predicted octanol–water partition coefficient (Wildman–Crippen LogP) is 2.83. The summed E-state index contributed by atoms with van der Waals surface area (Å²) in [6.07, 6.45) is 2.73. The van der Waals surface area contributed by atoms with Crippen LogP contribution in [0.4, 0.5) is 17.3 Å². The molecule has 0 spiro atoms. The van der Waals surface area contributed by atoms with E-state index in [1.54, 1.807) is 31.4 Å². The van der Waals surface area contributed by atoms with Crippen LogP contribution in [0.3, 0.4) is 0 Å². The number of ketones is 1. The molecule has 0 aliphatic heterocycles. The predicted molar refractivity (Wildman–Crippen MR) is 164 cm³/mol. The Kier molecular flexibility index (Phi) is 8.70. The van der Waals surface area contributed by atoms with E-state index in [9.17, 15) is 18.0 Å². The van der Waals surface area contributed by atoms with Crippen LogP contribution < -0.4 is 28.9 Å². The number of methoxy groups -OCH3 is 1. The molecule has 0 bridgehead atoms. The van der Waals surface area contributed by atoms with Gasteiger partial charge >= 0.3 is 232 Å². The zero-order valence-corrected chi connectivity index (χ0v) is 26.3. The van der Waals surface area contributed by atoms with E-state index in [1.165, 1.54) is 7.11 Å². The van der Waals surface area contributed by atoms with Crippen LogP contribution in [0.5, 0.6) is 5.75 Å². The number of fused-ring (bicyclic) bond motifs is 1. The average molecular weight is 637 g/mol. The van der Waals surface area contributed by atoms with E-state index in [-0.39, 0.29) is 22.7 Å². The Balaban J connectivity index is 1.71. The summed E-state index contributed by atoms with van der Waals surface area (Å²) in [6, 6.07) is 16.2. The van der Waals surface area contributed by atoms with Crippen molar-refractivity contribution in [1.82, 2.24) is 9.97 Å². The van der Waals surface area contributed by atoms with Gasteiger partial charge in [-0.15, -0.1) is 0 Å². The fraction of sp³-hybridized carbons (Fsp3) is 0.241. The Bertz CT molecular complexity index is 1750. The number of carbonyl (C=O) groups excluding carboxylic acids is 2. The van der Waals surface area contributed by atoms with E-state index < -0.39 is 42.9 Å². The molecule has 1 aromatic heterocycles. The zero-order chi connectivity index (χ0) is 29.9. The number of benzene rings is 3. The van der Waals surface area contributed by atoms with Gasteiger partial charge in [0.05, 0.1) is 6.26 Å². The minimum atomic E-state index is -3.65. The van der Waals surface area contributed by atoms with Crippen molar-refractivity contribution < 1.29 is 22.7 Å². The molecule has 10 nitrogen and oxygen atoms in total. The quantitative estimate of drug-likeness (QED) is 0.145. The van der Waals surface area contributed by atoms with Gasteiger partial charge in [0.15, 0.2) is 0 Å². The van der Waals surface area contributed by atoms with Gasteiger partial charge in [-0.1, -0.05) is 0 Å². The molecule has 1 heterocycles. The van der Waals surface area contributed by atoms with Gasteiger partial charge in [0, 0.05) is 0 Å². The van der Waals surface area contributed by atoms with Crippen molar-refractivity contribution in [2.45, 2.75) is 26.2 Å². The number of anilines is 3. The van der Waals surface area contributed by atoms with Crippen LogP contribution in [0.15, 0.2) is 60.8 Å². The second-order valence-electron chi connectivity index (χ2n) is 10.3. The first-order valence-corrected chi connectivity index (χ1v) is 16.4. The first-order chi connectivity index (χ1) is 19.3. The molecule has 0 fully saturated rings. The van der Waals surface area contributed by atoms with Crippen LogP contribution >= 0.6 is 0 Å². The summed E-state index contributed by atoms with van der Waals surface area (Å²) in [6.45, 7) is 5.85. The minimum absolute atomic E-state index is 0.0969. The molecule has 213 valence electrons. The summed E-state index contributed by atoms with van der Waals surface area (Å²) in [4.78, 5) is 35.6. The summed E-state index contributed by atoms with van der Waals surface area (Å²) in [5.74, 6) is -0.976. The van der Waals surface area contributed by atoms with Crippen LogP contribution in [0.2, 0.25) is 0 Å². The molecular weight excluding hydrogens is 605 g/mol. The third kappa shape index (κ3) is 7.04. The summed E-state index contributed by atoms with van der Waals surface area (Å²) >= 11 is -0.521. The summed E-state index contributed by atoms with van der Waals surface area (Å²) in [7, 11) is -0.528. The summed E-state index contributed by atoms with van der Waals surface area (Å²) < 4.78 is 33.9. The Labute approximate surface area is 246 Å². The number of rotatable bonds is 9. The van der Waals surface area contributed by atoms with Gasteiger partial charge in [0.2, 0.25) is 0 Å². The van der Waals surface area contributed by atoms with Gasteiger partial charge in [0.25, 0.3) is 0 Å². The molecule has 0 aliphatic carbocycles. The van der Waals surface area contributed by atoms with Gasteiger partial charge in [-0.2, -0.15) is 0 Å². The topological polar surface area (TPSA) is 139 Å². The molecule has 0 saturated carbocycles. The number of hydrogen-bond acceptors (Lipinski definition) is 8. The van der Waals surface area contributed by atoms with Crippen LogP contribution in [-0.2, 0) is 20.2 Å². The standard InChI is InChI=1S/C29H31AsN5O5S/c1-29(2,3)17-15-22(26(40-5)23(16-17)35-41(6,38)39)33-27(37)25(36)20-11-12-21(19-10-8-7-9-18(19)20)30-24-13-14-32-28(31-4)34-24/h7-16,35H,1-6H3,(H,33,37)(H,31,32,34). The van der Waals surface area contributed by atoms with E-state index >= 15 is 0 Å². The van der Waals surface area contributed by atoms with Crippen molar-refractivity contribution in [3.8, 4) is 5.75 Å². The van der Waals surface area contributed by atoms with Crippen LogP contribution in [-0.4, -0.2) is 66.2 Å². The number of ether oxygens (including phenoxy) is 1. The Morgan fingerprint density at radius 3 is 2.29 bits per heavy atom. The van der Waals surface area contributed by atoms with Crippen molar-refractivity contribution >= 4 is 74.4 Å². The number of nitrogens with zero attached hydrogens (tertiary/aromatic N) is 2. The normalized spacial score (nSPS) is 12.0. The fourth-order valence-electron chi connectivity index (χ4n) is 4.19. The molecular formula is C29H31AsN5O5S. The van der Waals surface area contributed by atoms with Crippen molar-refractivity contribution in [2.75, 3.05) is 35.8 Å². The monoisotopic (exact) mass is 636 g/mol. The first kappa shape index (κ1) is 30.0. The van der Waals surface area contributed by atoms with E-state index in [2.05, 4.69) is 25.3 Å². The van der Waals surface area contributed by atoms with Crippen molar-refractivity contribution in [2.24, 2.45) is 0 Å². The summed E-state index contributed by atoms with van der Waals surface area (Å²) in [5.41, 5.74) is 0.934. The van der Waals surface area contributed by atoms with Crippen molar-refractivity contribution in [3.05, 3.63) is 71.9 Å². The summed E-state index contributed by atoms with van der Waals surface area (Å²) in [5, 5.41) is 7.12. The number of hydrogen-bond donors (Lipinski definition) is 3. The average Bonchev–Trinajstić information content (AvgIpc) is 2.91. The number of Topliss-reactive ketones (excluding diaryl/α,β-unsaturated/α-hetero) is 1.